The average molecular weight is 387 g/mol. The first kappa shape index (κ1) is 22.4. The molecular weight excluding hydrogens is 352 g/mol. The number of carboxylic acid groups (broad SMARTS) is 1. The van der Waals surface area contributed by atoms with E-state index in [1.807, 2.05) is 0 Å². The summed E-state index contributed by atoms with van der Waals surface area (Å²) in [6, 6.07) is 8.51. The van der Waals surface area contributed by atoms with Gasteiger partial charge in [0.05, 0.1) is 6.61 Å². The van der Waals surface area contributed by atoms with Gasteiger partial charge in [0, 0.05) is 25.9 Å². The summed E-state index contributed by atoms with van der Waals surface area (Å²) < 4.78 is 5.19. The van der Waals surface area contributed by atoms with E-state index in [4.69, 9.17) is 9.84 Å². The fourth-order valence-electron chi connectivity index (χ4n) is 4.10. The number of aliphatic carboxylic acids is 1. The molecule has 1 fully saturated rings. The zero-order chi connectivity index (χ0) is 20.2. The quantitative estimate of drug-likeness (QED) is 0.367. The summed E-state index contributed by atoms with van der Waals surface area (Å²) in [6.45, 7) is 0.645. The molecule has 2 rings (SSSR count). The molecular formula is C24H34O4. The van der Waals surface area contributed by atoms with Crippen LogP contribution < -0.4 is 0 Å². The Kier molecular flexibility index (Phi) is 9.98. The van der Waals surface area contributed by atoms with Crippen molar-refractivity contribution in [2.75, 3.05) is 7.11 Å². The van der Waals surface area contributed by atoms with Crippen molar-refractivity contribution in [3.05, 3.63) is 47.5 Å². The maximum Gasteiger partial charge on any atom is 0.303 e. The van der Waals surface area contributed by atoms with Crippen LogP contribution >= 0.6 is 0 Å². The minimum Gasteiger partial charge on any atom is -0.481 e. The lowest BCUT2D eigenvalue weighted by molar-refractivity contribution is -0.137. The van der Waals surface area contributed by atoms with Crippen molar-refractivity contribution in [3.8, 4) is 0 Å². The molecule has 1 aliphatic rings. The maximum absolute atomic E-state index is 12.2. The van der Waals surface area contributed by atoms with Gasteiger partial charge in [0.1, 0.15) is 5.78 Å². The smallest absolute Gasteiger partial charge is 0.303 e. The number of carbonyl (C=O) groups is 2. The van der Waals surface area contributed by atoms with Gasteiger partial charge in [-0.05, 0) is 49.1 Å². The van der Waals surface area contributed by atoms with E-state index in [0.717, 1.165) is 51.4 Å². The number of benzene rings is 1. The van der Waals surface area contributed by atoms with Crippen molar-refractivity contribution in [1.82, 2.24) is 0 Å². The number of ether oxygens (including phenoxy) is 1. The van der Waals surface area contributed by atoms with Crippen LogP contribution in [-0.2, 0) is 27.4 Å². The normalized spacial score (nSPS) is 19.5. The summed E-state index contributed by atoms with van der Waals surface area (Å²) in [7, 11) is 1.71. The summed E-state index contributed by atoms with van der Waals surface area (Å²) in [5.74, 6) is 0.237. The number of carbonyl (C=O) groups excluding carboxylic acids is 1. The second-order valence-corrected chi connectivity index (χ2v) is 7.84. The third-order valence-electron chi connectivity index (χ3n) is 5.60. The van der Waals surface area contributed by atoms with Gasteiger partial charge in [0.25, 0.3) is 0 Å². The van der Waals surface area contributed by atoms with E-state index in [-0.39, 0.29) is 12.3 Å². The van der Waals surface area contributed by atoms with Crippen LogP contribution in [0.25, 0.3) is 0 Å². The first-order valence-electron chi connectivity index (χ1n) is 10.6. The second-order valence-electron chi connectivity index (χ2n) is 7.84. The van der Waals surface area contributed by atoms with Crippen LogP contribution in [0.3, 0.4) is 0 Å². The molecule has 0 radical (unpaired) electrons. The first-order valence-corrected chi connectivity index (χ1v) is 10.6. The maximum atomic E-state index is 12.2. The number of aryl methyl sites for hydroxylation is 1. The molecule has 0 spiro atoms. The number of carboxylic acids is 1. The van der Waals surface area contributed by atoms with E-state index >= 15 is 0 Å². The highest BCUT2D eigenvalue weighted by Crippen LogP contribution is 2.34. The standard InChI is InChI=1S/C24H34O4/c1-28-18-20-11-8-10-19(17-20)9-6-7-12-21-15-16-23(25)22(21)13-4-2-3-5-14-24(26)27/h7-8,10-12,17,21-22H,2-6,9,13-16,18H2,1H3,(H,26,27)/b12-7+/t21?,22-/m1/s1. The van der Waals surface area contributed by atoms with Crippen molar-refractivity contribution in [3.63, 3.8) is 0 Å². The number of hydrogen-bond donors (Lipinski definition) is 1. The van der Waals surface area contributed by atoms with E-state index in [1.54, 1.807) is 7.11 Å². The Labute approximate surface area is 169 Å². The molecule has 1 aromatic rings. The van der Waals surface area contributed by atoms with Crippen molar-refractivity contribution in [2.45, 2.75) is 70.8 Å². The van der Waals surface area contributed by atoms with Crippen LogP contribution in [0.5, 0.6) is 0 Å². The molecule has 28 heavy (non-hydrogen) atoms. The number of hydrogen-bond acceptors (Lipinski definition) is 3. The lowest BCUT2D eigenvalue weighted by Crippen LogP contribution is -2.13. The van der Waals surface area contributed by atoms with Crippen LogP contribution in [0.4, 0.5) is 0 Å². The number of Topliss-reactive ketones (excluding diaryl/α,β-unsaturated/α-hetero) is 1. The third kappa shape index (κ3) is 7.97. The van der Waals surface area contributed by atoms with E-state index in [2.05, 4.69) is 36.4 Å². The molecule has 1 unspecified atom stereocenters. The fourth-order valence-corrected chi connectivity index (χ4v) is 4.10. The zero-order valence-corrected chi connectivity index (χ0v) is 17.1. The number of methoxy groups -OCH3 is 1. The minimum atomic E-state index is -0.721. The van der Waals surface area contributed by atoms with E-state index in [1.165, 1.54) is 11.1 Å². The van der Waals surface area contributed by atoms with E-state index in [0.29, 0.717) is 24.7 Å². The minimum absolute atomic E-state index is 0.167. The Hall–Kier alpha value is -1.94. The third-order valence-corrected chi connectivity index (χ3v) is 5.60. The molecule has 0 aliphatic heterocycles. The Morgan fingerprint density at radius 3 is 2.79 bits per heavy atom. The van der Waals surface area contributed by atoms with Gasteiger partial charge < -0.3 is 9.84 Å². The van der Waals surface area contributed by atoms with Gasteiger partial charge in [-0.25, -0.2) is 0 Å². The second kappa shape index (κ2) is 12.5. The molecule has 0 heterocycles. The molecule has 4 heteroatoms. The van der Waals surface area contributed by atoms with Gasteiger partial charge in [-0.15, -0.1) is 0 Å². The Morgan fingerprint density at radius 1 is 1.21 bits per heavy atom. The van der Waals surface area contributed by atoms with Gasteiger partial charge >= 0.3 is 5.97 Å². The Balaban J connectivity index is 1.71. The lowest BCUT2D eigenvalue weighted by Gasteiger charge is -2.14. The fraction of sp³-hybridized carbons (Fsp3) is 0.583. The van der Waals surface area contributed by atoms with Crippen molar-refractivity contribution in [2.24, 2.45) is 11.8 Å². The van der Waals surface area contributed by atoms with Gasteiger partial charge in [0.15, 0.2) is 0 Å². The SMILES string of the molecule is COCc1cccc(CC/C=C/C2CCC(=O)[C@@H]2CCCCCCC(=O)O)c1. The number of unbranched alkanes of at least 4 members (excludes halogenated alkanes) is 3. The molecule has 1 aromatic carbocycles. The molecule has 4 nitrogen and oxygen atoms in total. The largest absolute Gasteiger partial charge is 0.481 e. The highest BCUT2D eigenvalue weighted by Gasteiger charge is 2.32. The zero-order valence-electron chi connectivity index (χ0n) is 17.1. The molecule has 0 saturated heterocycles. The molecule has 1 N–H and O–H groups in total. The monoisotopic (exact) mass is 386 g/mol. The molecule has 0 aromatic heterocycles. The molecule has 154 valence electrons. The van der Waals surface area contributed by atoms with Gasteiger partial charge in [-0.1, -0.05) is 55.7 Å². The molecule has 0 bridgehead atoms. The summed E-state index contributed by atoms with van der Waals surface area (Å²) in [5.41, 5.74) is 2.52. The summed E-state index contributed by atoms with van der Waals surface area (Å²) in [6.07, 6.45) is 13.1. The van der Waals surface area contributed by atoms with Crippen molar-refractivity contribution >= 4 is 11.8 Å². The van der Waals surface area contributed by atoms with Gasteiger partial charge in [0.2, 0.25) is 0 Å². The number of rotatable bonds is 13. The Morgan fingerprint density at radius 2 is 2.00 bits per heavy atom. The highest BCUT2D eigenvalue weighted by atomic mass is 16.5. The van der Waals surface area contributed by atoms with Gasteiger partial charge in [-0.3, -0.25) is 9.59 Å². The van der Waals surface area contributed by atoms with Crippen LogP contribution in [0.2, 0.25) is 0 Å². The van der Waals surface area contributed by atoms with E-state index < -0.39 is 5.97 Å². The average Bonchev–Trinajstić information content (AvgIpc) is 3.02. The summed E-state index contributed by atoms with van der Waals surface area (Å²) in [4.78, 5) is 22.8. The van der Waals surface area contributed by atoms with Crippen molar-refractivity contribution < 1.29 is 19.4 Å². The Bertz CT molecular complexity index is 650. The highest BCUT2D eigenvalue weighted by molar-refractivity contribution is 5.83. The summed E-state index contributed by atoms with van der Waals surface area (Å²) in [5, 5.41) is 8.67. The van der Waals surface area contributed by atoms with Gasteiger partial charge in [-0.2, -0.15) is 0 Å². The molecule has 0 amide bonds. The molecule has 1 aliphatic carbocycles. The van der Waals surface area contributed by atoms with Crippen LogP contribution in [0, 0.1) is 11.8 Å². The number of ketones is 1. The van der Waals surface area contributed by atoms with Crippen LogP contribution in [-0.4, -0.2) is 24.0 Å². The van der Waals surface area contributed by atoms with Crippen molar-refractivity contribution in [1.29, 1.82) is 0 Å². The van der Waals surface area contributed by atoms with E-state index in [9.17, 15) is 9.59 Å². The van der Waals surface area contributed by atoms with Crippen LogP contribution in [0.1, 0.15) is 68.9 Å². The topological polar surface area (TPSA) is 63.6 Å². The summed E-state index contributed by atoms with van der Waals surface area (Å²) >= 11 is 0. The predicted molar refractivity (Wildman–Crippen MR) is 111 cm³/mol. The molecule has 1 saturated carbocycles. The lowest BCUT2D eigenvalue weighted by atomic mass is 9.89. The predicted octanol–water partition coefficient (Wildman–Crippen LogP) is 5.34. The number of allylic oxidation sites excluding steroid dienone is 2. The van der Waals surface area contributed by atoms with Crippen LogP contribution in [0.15, 0.2) is 36.4 Å². The first-order chi connectivity index (χ1) is 13.6. The molecule has 2 atom stereocenters.